The van der Waals surface area contributed by atoms with Crippen LogP contribution < -0.4 is 0 Å². The predicted molar refractivity (Wildman–Crippen MR) is 42.8 cm³/mol. The quantitative estimate of drug-likeness (QED) is 0.437. The van der Waals surface area contributed by atoms with E-state index < -0.39 is 0 Å². The lowest BCUT2D eigenvalue weighted by Crippen LogP contribution is -2.15. The van der Waals surface area contributed by atoms with Crippen LogP contribution in [0.3, 0.4) is 0 Å². The Morgan fingerprint density at radius 2 is 1.89 bits per heavy atom. The van der Waals surface area contributed by atoms with Crippen LogP contribution in [-0.4, -0.2) is 5.33 Å². The zero-order valence-electron chi connectivity index (χ0n) is 5.49. The van der Waals surface area contributed by atoms with Gasteiger partial charge in [-0.3, -0.25) is 0 Å². The number of rotatable bonds is 1. The molecule has 2 saturated carbocycles. The molecule has 0 heterocycles. The van der Waals surface area contributed by atoms with Crippen molar-refractivity contribution in [3.63, 3.8) is 0 Å². The Morgan fingerprint density at radius 3 is 2.33 bits per heavy atom. The minimum Gasteiger partial charge on any atom is -0.0925 e. The fraction of sp³-hybridized carbons (Fsp3) is 0.750. The molecular weight excluding hydrogens is 176 g/mol. The highest BCUT2D eigenvalue weighted by Crippen LogP contribution is 2.44. The molecule has 0 aliphatic heterocycles. The molecule has 2 fully saturated rings. The lowest BCUT2D eigenvalue weighted by Gasteiger charge is -2.27. The van der Waals surface area contributed by atoms with Crippen LogP contribution in [0.15, 0.2) is 11.1 Å². The van der Waals surface area contributed by atoms with Crippen molar-refractivity contribution in [3.8, 4) is 0 Å². The van der Waals surface area contributed by atoms with Crippen molar-refractivity contribution >= 4 is 15.9 Å². The second-order valence-electron chi connectivity index (χ2n) is 3.14. The Kier molecular flexibility index (Phi) is 1.40. The monoisotopic (exact) mass is 186 g/mol. The van der Waals surface area contributed by atoms with Gasteiger partial charge in [0.2, 0.25) is 0 Å². The van der Waals surface area contributed by atoms with Crippen molar-refractivity contribution in [3.05, 3.63) is 11.1 Å². The van der Waals surface area contributed by atoms with Crippen LogP contribution in [0.2, 0.25) is 0 Å². The maximum Gasteiger partial charge on any atom is 0.00657 e. The summed E-state index contributed by atoms with van der Waals surface area (Å²) in [6.45, 7) is 0. The van der Waals surface area contributed by atoms with Crippen LogP contribution in [0.5, 0.6) is 0 Å². The normalized spacial score (nSPS) is 32.3. The van der Waals surface area contributed by atoms with Gasteiger partial charge in [0.15, 0.2) is 0 Å². The summed E-state index contributed by atoms with van der Waals surface area (Å²) in [5, 5.41) is 1.21. The van der Waals surface area contributed by atoms with Crippen LogP contribution in [-0.2, 0) is 0 Å². The van der Waals surface area contributed by atoms with E-state index in [-0.39, 0.29) is 0 Å². The standard InChI is InChI=1S/C8H11Br/c9-5-6-3-8(4-6)7-1-2-7/h6H,1-5H2. The minimum atomic E-state index is 0.980. The zero-order valence-corrected chi connectivity index (χ0v) is 7.08. The molecule has 2 rings (SSSR count). The Bertz CT molecular complexity index is 144. The Hall–Kier alpha value is 0.220. The third-order valence-corrected chi connectivity index (χ3v) is 3.20. The Labute approximate surface area is 64.5 Å². The van der Waals surface area contributed by atoms with Crippen LogP contribution in [0.1, 0.15) is 25.7 Å². The van der Waals surface area contributed by atoms with E-state index in [4.69, 9.17) is 0 Å². The fourth-order valence-electron chi connectivity index (χ4n) is 1.45. The van der Waals surface area contributed by atoms with E-state index in [1.54, 1.807) is 11.1 Å². The molecule has 0 N–H and O–H groups in total. The molecule has 1 heteroatoms. The summed E-state index contributed by atoms with van der Waals surface area (Å²) in [7, 11) is 0. The van der Waals surface area contributed by atoms with Gasteiger partial charge in [0.1, 0.15) is 0 Å². The molecule has 0 saturated heterocycles. The van der Waals surface area contributed by atoms with Crippen LogP contribution in [0.25, 0.3) is 0 Å². The van der Waals surface area contributed by atoms with E-state index in [0.717, 1.165) is 5.92 Å². The van der Waals surface area contributed by atoms with E-state index in [1.807, 2.05) is 0 Å². The summed E-state index contributed by atoms with van der Waals surface area (Å²) in [6.07, 6.45) is 5.65. The van der Waals surface area contributed by atoms with E-state index in [1.165, 1.54) is 31.0 Å². The van der Waals surface area contributed by atoms with E-state index in [9.17, 15) is 0 Å². The van der Waals surface area contributed by atoms with Gasteiger partial charge in [-0.2, -0.15) is 0 Å². The zero-order chi connectivity index (χ0) is 6.27. The average Bonchev–Trinajstić information content (AvgIpc) is 2.46. The first kappa shape index (κ1) is 5.96. The average molecular weight is 187 g/mol. The molecule has 9 heavy (non-hydrogen) atoms. The summed E-state index contributed by atoms with van der Waals surface area (Å²) in [4.78, 5) is 0. The SMILES string of the molecule is BrCC1CC(=C2CC2)C1. The number of alkyl halides is 1. The van der Waals surface area contributed by atoms with Crippen molar-refractivity contribution in [2.45, 2.75) is 25.7 Å². The van der Waals surface area contributed by atoms with Gasteiger partial charge >= 0.3 is 0 Å². The third kappa shape index (κ3) is 1.07. The lowest BCUT2D eigenvalue weighted by atomic mass is 9.81. The lowest BCUT2D eigenvalue weighted by molar-refractivity contribution is 0.469. The van der Waals surface area contributed by atoms with Gasteiger partial charge in [-0.15, -0.1) is 0 Å². The molecule has 0 amide bonds. The molecule has 0 bridgehead atoms. The van der Waals surface area contributed by atoms with Crippen LogP contribution in [0.4, 0.5) is 0 Å². The fourth-order valence-corrected chi connectivity index (χ4v) is 1.91. The molecule has 2 aliphatic rings. The number of hydrogen-bond donors (Lipinski definition) is 0. The maximum absolute atomic E-state index is 3.50. The molecule has 0 atom stereocenters. The summed E-state index contributed by atoms with van der Waals surface area (Å²) in [5.74, 6) is 0.980. The smallest absolute Gasteiger partial charge is 0.00657 e. The molecule has 0 spiro atoms. The van der Waals surface area contributed by atoms with Gasteiger partial charge in [0.25, 0.3) is 0 Å². The maximum atomic E-state index is 3.50. The van der Waals surface area contributed by atoms with Crippen molar-refractivity contribution in [2.24, 2.45) is 5.92 Å². The van der Waals surface area contributed by atoms with E-state index >= 15 is 0 Å². The molecule has 0 radical (unpaired) electrons. The van der Waals surface area contributed by atoms with Gasteiger partial charge in [0.05, 0.1) is 0 Å². The topological polar surface area (TPSA) is 0 Å². The van der Waals surface area contributed by atoms with Crippen molar-refractivity contribution in [2.75, 3.05) is 5.33 Å². The number of halogens is 1. The second-order valence-corrected chi connectivity index (χ2v) is 3.78. The number of allylic oxidation sites excluding steroid dienone is 2. The molecule has 2 aliphatic carbocycles. The Morgan fingerprint density at radius 1 is 1.22 bits per heavy atom. The van der Waals surface area contributed by atoms with Crippen LogP contribution >= 0.6 is 15.9 Å². The summed E-state index contributed by atoms with van der Waals surface area (Å²) in [6, 6.07) is 0. The van der Waals surface area contributed by atoms with Gasteiger partial charge in [0, 0.05) is 5.33 Å². The highest BCUT2D eigenvalue weighted by molar-refractivity contribution is 9.09. The number of hydrogen-bond acceptors (Lipinski definition) is 0. The van der Waals surface area contributed by atoms with Gasteiger partial charge in [-0.25, -0.2) is 0 Å². The van der Waals surface area contributed by atoms with Crippen molar-refractivity contribution in [1.29, 1.82) is 0 Å². The second kappa shape index (κ2) is 2.12. The molecule has 0 aromatic heterocycles. The first-order valence-corrected chi connectivity index (χ1v) is 4.78. The van der Waals surface area contributed by atoms with E-state index in [0.29, 0.717) is 0 Å². The predicted octanol–water partition coefficient (Wildman–Crippen LogP) is 2.88. The molecule has 0 unspecified atom stereocenters. The minimum absolute atomic E-state index is 0.980. The molecule has 0 aromatic carbocycles. The molecule has 0 aromatic rings. The molecule has 50 valence electrons. The molecule has 0 nitrogen and oxygen atoms in total. The Balaban J connectivity index is 1.90. The van der Waals surface area contributed by atoms with Crippen molar-refractivity contribution in [1.82, 2.24) is 0 Å². The highest BCUT2D eigenvalue weighted by Gasteiger charge is 2.28. The first-order valence-electron chi connectivity index (χ1n) is 3.66. The third-order valence-electron chi connectivity index (χ3n) is 2.29. The van der Waals surface area contributed by atoms with Crippen LogP contribution in [0, 0.1) is 5.92 Å². The van der Waals surface area contributed by atoms with Gasteiger partial charge < -0.3 is 0 Å². The van der Waals surface area contributed by atoms with Gasteiger partial charge in [-0.1, -0.05) is 27.1 Å². The first-order chi connectivity index (χ1) is 4.40. The summed E-state index contributed by atoms with van der Waals surface area (Å²) in [5.41, 5.74) is 3.58. The van der Waals surface area contributed by atoms with E-state index in [2.05, 4.69) is 15.9 Å². The largest absolute Gasteiger partial charge is 0.0925 e. The highest BCUT2D eigenvalue weighted by atomic mass is 79.9. The summed E-state index contributed by atoms with van der Waals surface area (Å²) < 4.78 is 0. The summed E-state index contributed by atoms with van der Waals surface area (Å²) >= 11 is 3.50. The van der Waals surface area contributed by atoms with Gasteiger partial charge in [-0.05, 0) is 31.6 Å². The molecular formula is C8H11Br. The van der Waals surface area contributed by atoms with Crippen molar-refractivity contribution < 1.29 is 0 Å².